The molecule has 0 radical (unpaired) electrons. The summed E-state index contributed by atoms with van der Waals surface area (Å²) < 4.78 is 9.22. The summed E-state index contributed by atoms with van der Waals surface area (Å²) in [5.74, 6) is -4.86. The Bertz CT molecular complexity index is 969. The number of nitro groups is 2. The average molecular weight is 501 g/mol. The second-order valence-corrected chi connectivity index (χ2v) is 6.27. The van der Waals surface area contributed by atoms with Gasteiger partial charge >= 0.3 is 35.0 Å². The molecule has 0 aromatic heterocycles. The van der Waals surface area contributed by atoms with Crippen LogP contribution in [0.1, 0.15) is 24.0 Å². The summed E-state index contributed by atoms with van der Waals surface area (Å²) in [6, 6.07) is 10.7. The summed E-state index contributed by atoms with van der Waals surface area (Å²) in [7, 11) is 0. The molecule has 0 aliphatic rings. The number of nitro benzene ring substituents is 2. The molecule has 0 saturated carbocycles. The van der Waals surface area contributed by atoms with Gasteiger partial charge in [-0.05, 0) is 35.4 Å². The van der Waals surface area contributed by atoms with E-state index in [9.17, 15) is 49.6 Å². The summed E-state index contributed by atoms with van der Waals surface area (Å²) in [6.45, 7) is -0.270. The molecule has 0 atom stereocenters. The normalized spacial score (nSPS) is 9.37. The fraction of sp³-hybridized carbons (Fsp3) is 0.200. The van der Waals surface area contributed by atoms with Crippen molar-refractivity contribution in [3.8, 4) is 0 Å². The Morgan fingerprint density at radius 2 is 0.914 bits per heavy atom. The van der Waals surface area contributed by atoms with Gasteiger partial charge in [-0.25, -0.2) is 0 Å². The summed E-state index contributed by atoms with van der Waals surface area (Å²) in [6.07, 6.45) is -1.63. The largest absolute Gasteiger partial charge is 2.00 e. The maximum absolute atomic E-state index is 10.9. The molecule has 0 bridgehead atoms. The molecule has 0 aliphatic heterocycles. The van der Waals surface area contributed by atoms with Crippen molar-refractivity contribution in [3.05, 3.63) is 79.9 Å². The number of aliphatic carboxylic acids is 2. The van der Waals surface area contributed by atoms with Crippen LogP contribution in [0, 0.1) is 20.2 Å². The van der Waals surface area contributed by atoms with E-state index in [0.717, 1.165) is 0 Å². The van der Waals surface area contributed by atoms with Crippen molar-refractivity contribution < 1.29 is 48.7 Å². The Balaban J connectivity index is 0.000000642. The van der Waals surface area contributed by atoms with E-state index >= 15 is 0 Å². The van der Waals surface area contributed by atoms with Crippen molar-refractivity contribution >= 4 is 58.3 Å². The van der Waals surface area contributed by atoms with E-state index in [1.54, 1.807) is 0 Å². The van der Waals surface area contributed by atoms with Gasteiger partial charge in [0, 0.05) is 24.3 Å². The standard InChI is InChI=1S/2C10H9NO6.Mg/c2*12-9(13)5-10(14)17-6-7-1-3-8(4-2-7)11(15)16;/h2*1-4H,5-6H2,(H,12,13);/q;;+2/p-2. The summed E-state index contributed by atoms with van der Waals surface area (Å²) >= 11 is 0. The molecule has 2 aromatic carbocycles. The van der Waals surface area contributed by atoms with Crippen molar-refractivity contribution in [3.63, 3.8) is 0 Å². The Morgan fingerprint density at radius 1 is 0.629 bits per heavy atom. The quantitative estimate of drug-likeness (QED) is 0.128. The van der Waals surface area contributed by atoms with Crippen molar-refractivity contribution in [1.29, 1.82) is 0 Å². The van der Waals surface area contributed by atoms with Crippen LogP contribution in [0.4, 0.5) is 11.4 Å². The second-order valence-electron chi connectivity index (χ2n) is 6.27. The Labute approximate surface area is 212 Å². The van der Waals surface area contributed by atoms with Crippen molar-refractivity contribution in [1.82, 2.24) is 0 Å². The third kappa shape index (κ3) is 13.2. The molecule has 0 aliphatic carbocycles. The maximum atomic E-state index is 10.9. The SMILES string of the molecule is O=C([O-])CC(=O)OCc1ccc([N+](=O)[O-])cc1.O=C([O-])CC(=O)OCc1ccc([N+](=O)[O-])cc1.[Mg+2]. The molecular formula is C20H16MgN2O12. The minimum absolute atomic E-state index is 0. The van der Waals surface area contributed by atoms with Gasteiger partial charge in [-0.2, -0.15) is 0 Å². The van der Waals surface area contributed by atoms with E-state index in [1.807, 2.05) is 0 Å². The van der Waals surface area contributed by atoms with Crippen molar-refractivity contribution in [2.75, 3.05) is 0 Å². The van der Waals surface area contributed by atoms with Crippen LogP contribution in [0.3, 0.4) is 0 Å². The molecule has 0 spiro atoms. The van der Waals surface area contributed by atoms with E-state index in [1.165, 1.54) is 48.5 Å². The fourth-order valence-corrected chi connectivity index (χ4v) is 2.09. The molecule has 0 saturated heterocycles. The van der Waals surface area contributed by atoms with E-state index in [4.69, 9.17) is 0 Å². The topological polar surface area (TPSA) is 219 Å². The number of nitrogens with zero attached hydrogens (tertiary/aromatic N) is 2. The molecular weight excluding hydrogens is 485 g/mol. The molecule has 180 valence electrons. The zero-order valence-corrected chi connectivity index (χ0v) is 19.4. The van der Waals surface area contributed by atoms with Gasteiger partial charge in [-0.3, -0.25) is 29.8 Å². The van der Waals surface area contributed by atoms with Gasteiger partial charge in [0.05, 0.1) is 34.6 Å². The second kappa shape index (κ2) is 15.7. The van der Waals surface area contributed by atoms with Gasteiger partial charge in [-0.15, -0.1) is 0 Å². The first-order chi connectivity index (χ1) is 16.0. The van der Waals surface area contributed by atoms with E-state index in [2.05, 4.69) is 9.47 Å². The number of esters is 2. The smallest absolute Gasteiger partial charge is 0.550 e. The maximum Gasteiger partial charge on any atom is 2.00 e. The van der Waals surface area contributed by atoms with E-state index in [-0.39, 0.29) is 47.6 Å². The third-order valence-corrected chi connectivity index (χ3v) is 3.67. The molecule has 2 aromatic rings. The number of benzene rings is 2. The monoisotopic (exact) mass is 500 g/mol. The van der Waals surface area contributed by atoms with Crippen molar-refractivity contribution in [2.24, 2.45) is 0 Å². The fourth-order valence-electron chi connectivity index (χ4n) is 2.09. The Hall–Kier alpha value is -4.11. The summed E-state index contributed by atoms with van der Waals surface area (Å²) in [5, 5.41) is 40.8. The number of carbonyl (C=O) groups is 4. The average Bonchev–Trinajstić information content (AvgIpc) is 2.76. The zero-order chi connectivity index (χ0) is 25.7. The van der Waals surface area contributed by atoms with Gasteiger partial charge in [0.1, 0.15) is 13.2 Å². The van der Waals surface area contributed by atoms with Crippen LogP contribution in [0.15, 0.2) is 48.5 Å². The zero-order valence-electron chi connectivity index (χ0n) is 17.9. The molecule has 35 heavy (non-hydrogen) atoms. The first kappa shape index (κ1) is 30.9. The third-order valence-electron chi connectivity index (χ3n) is 3.67. The minimum atomic E-state index is -1.52. The molecule has 0 unspecified atom stereocenters. The van der Waals surface area contributed by atoms with Crippen LogP contribution in [-0.4, -0.2) is 56.8 Å². The van der Waals surface area contributed by atoms with Gasteiger partial charge in [-0.1, -0.05) is 0 Å². The van der Waals surface area contributed by atoms with E-state index < -0.39 is 46.6 Å². The number of non-ortho nitro benzene ring substituents is 2. The number of hydrogen-bond donors (Lipinski definition) is 0. The molecule has 0 amide bonds. The van der Waals surface area contributed by atoms with Crippen LogP contribution >= 0.6 is 0 Å². The van der Waals surface area contributed by atoms with Crippen molar-refractivity contribution in [2.45, 2.75) is 26.1 Å². The molecule has 0 N–H and O–H groups in total. The van der Waals surface area contributed by atoms with Crippen LogP contribution in [0.5, 0.6) is 0 Å². The molecule has 2 rings (SSSR count). The molecule has 14 nitrogen and oxygen atoms in total. The van der Waals surface area contributed by atoms with Crippen LogP contribution in [-0.2, 0) is 41.9 Å². The predicted molar refractivity (Wildman–Crippen MR) is 111 cm³/mol. The number of carbonyl (C=O) groups excluding carboxylic acids is 4. The number of carboxylic acids is 2. The molecule has 0 fully saturated rings. The number of hydrogen-bond acceptors (Lipinski definition) is 12. The Kier molecular flexibility index (Phi) is 13.8. The number of ether oxygens (including phenoxy) is 2. The van der Waals surface area contributed by atoms with E-state index in [0.29, 0.717) is 11.1 Å². The van der Waals surface area contributed by atoms with Crippen LogP contribution in [0.25, 0.3) is 0 Å². The molecule has 0 heterocycles. The minimum Gasteiger partial charge on any atom is -0.550 e. The van der Waals surface area contributed by atoms with Gasteiger partial charge < -0.3 is 29.3 Å². The van der Waals surface area contributed by atoms with Gasteiger partial charge in [0.25, 0.3) is 11.4 Å². The van der Waals surface area contributed by atoms with Crippen LogP contribution in [0.2, 0.25) is 0 Å². The number of carboxylic acid groups (broad SMARTS) is 2. The molecule has 15 heteroatoms. The Morgan fingerprint density at radius 3 is 1.14 bits per heavy atom. The predicted octanol–water partition coefficient (Wildman–Crippen LogP) is -0.825. The number of rotatable bonds is 10. The summed E-state index contributed by atoms with van der Waals surface area (Å²) in [4.78, 5) is 61.4. The first-order valence-electron chi connectivity index (χ1n) is 9.15. The van der Waals surface area contributed by atoms with Gasteiger partial charge in [0.15, 0.2) is 0 Å². The van der Waals surface area contributed by atoms with Crippen LogP contribution < -0.4 is 10.2 Å². The first-order valence-corrected chi connectivity index (χ1v) is 9.15. The summed E-state index contributed by atoms with van der Waals surface area (Å²) in [5.41, 5.74) is 0.911. The van der Waals surface area contributed by atoms with Gasteiger partial charge in [0.2, 0.25) is 0 Å².